The molecule has 0 aliphatic rings. The second-order valence-electron chi connectivity index (χ2n) is 4.27. The molecule has 1 unspecified atom stereocenters. The molecule has 2 N–H and O–H groups in total. The number of rotatable bonds is 8. The Labute approximate surface area is 124 Å². The quantitative estimate of drug-likeness (QED) is 0.552. The van der Waals surface area contributed by atoms with Gasteiger partial charge in [-0.05, 0) is 5.56 Å². The van der Waals surface area contributed by atoms with Crippen molar-refractivity contribution in [3.05, 3.63) is 46.1 Å². The molecule has 0 fully saturated rings. The lowest BCUT2D eigenvalue weighted by Gasteiger charge is -2.11. The summed E-state index contributed by atoms with van der Waals surface area (Å²) in [6.07, 6.45) is 0.777. The van der Waals surface area contributed by atoms with Crippen LogP contribution in [-0.4, -0.2) is 38.0 Å². The van der Waals surface area contributed by atoms with E-state index in [-0.39, 0.29) is 12.3 Å². The number of benzene rings is 1. The number of aromatic nitrogens is 2. The molecule has 0 spiro atoms. The number of aliphatic hydroxyl groups excluding tert-OH is 1. The maximum atomic E-state index is 10.7. The van der Waals surface area contributed by atoms with Crippen molar-refractivity contribution in [3.63, 3.8) is 0 Å². The fourth-order valence-electron chi connectivity index (χ4n) is 1.62. The molecule has 1 aromatic carbocycles. The second-order valence-corrected chi connectivity index (χ2v) is 4.83. The first-order valence-corrected chi connectivity index (χ1v) is 6.90. The zero-order valence-electron chi connectivity index (χ0n) is 11.0. The summed E-state index contributed by atoms with van der Waals surface area (Å²) in [6.45, 7) is 0.838. The maximum Gasteiger partial charge on any atom is 0.269 e. The molecule has 9 heteroatoms. The van der Waals surface area contributed by atoms with Crippen LogP contribution >= 0.6 is 11.7 Å². The average molecular weight is 310 g/mol. The minimum Gasteiger partial charge on any atom is -0.473 e. The molecule has 0 amide bonds. The van der Waals surface area contributed by atoms with Gasteiger partial charge in [-0.2, -0.15) is 4.37 Å². The highest BCUT2D eigenvalue weighted by molar-refractivity contribution is 6.99. The number of ether oxygens (including phenoxy) is 1. The van der Waals surface area contributed by atoms with E-state index in [0.717, 1.165) is 17.3 Å². The second kappa shape index (κ2) is 7.62. The summed E-state index contributed by atoms with van der Waals surface area (Å²) < 4.78 is 12.9. The summed E-state index contributed by atoms with van der Waals surface area (Å²) in [5, 5.41) is 23.4. The molecule has 112 valence electrons. The monoisotopic (exact) mass is 310 g/mol. The summed E-state index contributed by atoms with van der Waals surface area (Å²) in [6, 6.07) is 6.35. The number of hydrogen-bond acceptors (Lipinski definition) is 8. The Balaban J connectivity index is 1.71. The normalized spacial score (nSPS) is 12.0. The van der Waals surface area contributed by atoms with Gasteiger partial charge in [0.2, 0.25) is 5.88 Å². The van der Waals surface area contributed by atoms with E-state index < -0.39 is 11.0 Å². The molecule has 0 bridgehead atoms. The van der Waals surface area contributed by atoms with E-state index in [9.17, 15) is 15.2 Å². The molecule has 8 nitrogen and oxygen atoms in total. The van der Waals surface area contributed by atoms with Crippen molar-refractivity contribution < 1.29 is 14.8 Å². The van der Waals surface area contributed by atoms with Crippen molar-refractivity contribution in [2.45, 2.75) is 12.6 Å². The van der Waals surface area contributed by atoms with Crippen LogP contribution in [-0.2, 0) is 6.54 Å². The SMILES string of the molecule is O=[N+]([O-])c1cccc(CNCC(O)COc2cnsn2)c1. The third kappa shape index (κ3) is 5.06. The standard InChI is InChI=1S/C12H14N4O4S/c17-11(8-20-12-7-14-21-15-12)6-13-5-9-2-1-3-10(4-9)16(18)19/h1-4,7,11,13,17H,5-6,8H2. The van der Waals surface area contributed by atoms with Gasteiger partial charge in [-0.15, -0.1) is 4.37 Å². The van der Waals surface area contributed by atoms with E-state index in [2.05, 4.69) is 14.1 Å². The van der Waals surface area contributed by atoms with E-state index in [4.69, 9.17) is 4.74 Å². The third-order valence-corrected chi connectivity index (χ3v) is 3.06. The van der Waals surface area contributed by atoms with Gasteiger partial charge in [-0.3, -0.25) is 10.1 Å². The van der Waals surface area contributed by atoms with Gasteiger partial charge in [0.15, 0.2) is 0 Å². The van der Waals surface area contributed by atoms with Gasteiger partial charge in [-0.25, -0.2) is 0 Å². The molecule has 0 aliphatic carbocycles. The number of nitro benzene ring substituents is 1. The minimum atomic E-state index is -0.703. The van der Waals surface area contributed by atoms with Crippen LogP contribution in [0.3, 0.4) is 0 Å². The largest absolute Gasteiger partial charge is 0.473 e. The third-order valence-electron chi connectivity index (χ3n) is 2.60. The van der Waals surface area contributed by atoms with Crippen LogP contribution in [0.2, 0.25) is 0 Å². The highest BCUT2D eigenvalue weighted by atomic mass is 32.1. The van der Waals surface area contributed by atoms with Crippen LogP contribution in [0.25, 0.3) is 0 Å². The first-order valence-electron chi connectivity index (χ1n) is 6.17. The summed E-state index contributed by atoms with van der Waals surface area (Å²) in [4.78, 5) is 10.2. The Bertz CT molecular complexity index is 578. The molecule has 0 aliphatic heterocycles. The lowest BCUT2D eigenvalue weighted by atomic mass is 10.2. The van der Waals surface area contributed by atoms with Gasteiger partial charge in [0.1, 0.15) is 18.9 Å². The number of nitro groups is 1. The smallest absolute Gasteiger partial charge is 0.269 e. The number of non-ortho nitro benzene ring substituents is 1. The molecule has 21 heavy (non-hydrogen) atoms. The fraction of sp³-hybridized carbons (Fsp3) is 0.333. The summed E-state index contributed by atoms with van der Waals surface area (Å²) in [5.41, 5.74) is 0.829. The van der Waals surface area contributed by atoms with E-state index in [1.807, 2.05) is 0 Å². The van der Waals surface area contributed by atoms with Crippen molar-refractivity contribution in [3.8, 4) is 5.88 Å². The maximum absolute atomic E-state index is 10.7. The first kappa shape index (κ1) is 15.3. The van der Waals surface area contributed by atoms with E-state index in [1.54, 1.807) is 12.1 Å². The molecule has 1 heterocycles. The Hall–Kier alpha value is -2.10. The van der Waals surface area contributed by atoms with Gasteiger partial charge in [0.25, 0.3) is 5.69 Å². The minimum absolute atomic E-state index is 0.0502. The molecule has 0 saturated heterocycles. The Morgan fingerprint density at radius 1 is 1.52 bits per heavy atom. The molecule has 1 aromatic heterocycles. The van der Waals surface area contributed by atoms with Crippen LogP contribution in [0, 0.1) is 10.1 Å². The van der Waals surface area contributed by atoms with Crippen LogP contribution in [0.5, 0.6) is 5.88 Å². The summed E-state index contributed by atoms with van der Waals surface area (Å²) >= 11 is 1.03. The van der Waals surface area contributed by atoms with Gasteiger partial charge in [0.05, 0.1) is 16.7 Å². The Morgan fingerprint density at radius 3 is 3.10 bits per heavy atom. The zero-order chi connectivity index (χ0) is 15.1. The summed E-state index contributed by atoms with van der Waals surface area (Å²) in [7, 11) is 0. The topological polar surface area (TPSA) is 110 Å². The van der Waals surface area contributed by atoms with Gasteiger partial charge < -0.3 is 15.2 Å². The van der Waals surface area contributed by atoms with Crippen LogP contribution < -0.4 is 10.1 Å². The molecule has 0 radical (unpaired) electrons. The van der Waals surface area contributed by atoms with Crippen molar-refractivity contribution in [2.24, 2.45) is 0 Å². The van der Waals surface area contributed by atoms with Crippen LogP contribution in [0.15, 0.2) is 30.5 Å². The predicted molar refractivity (Wildman–Crippen MR) is 76.2 cm³/mol. The van der Waals surface area contributed by atoms with Crippen LogP contribution in [0.4, 0.5) is 5.69 Å². The van der Waals surface area contributed by atoms with Crippen molar-refractivity contribution in [2.75, 3.05) is 13.2 Å². The lowest BCUT2D eigenvalue weighted by Crippen LogP contribution is -2.31. The number of hydrogen-bond donors (Lipinski definition) is 2. The predicted octanol–water partition coefficient (Wildman–Crippen LogP) is 0.976. The van der Waals surface area contributed by atoms with Gasteiger partial charge in [-0.1, -0.05) is 12.1 Å². The van der Waals surface area contributed by atoms with Gasteiger partial charge >= 0.3 is 0 Å². The molecule has 1 atom stereocenters. The highest BCUT2D eigenvalue weighted by Gasteiger charge is 2.08. The van der Waals surface area contributed by atoms with Crippen molar-refractivity contribution in [1.82, 2.24) is 14.1 Å². The molecule has 2 rings (SSSR count). The Morgan fingerprint density at radius 2 is 2.38 bits per heavy atom. The molecular formula is C12H14N4O4S. The first-order chi connectivity index (χ1) is 10.1. The summed E-state index contributed by atoms with van der Waals surface area (Å²) in [5.74, 6) is 0.387. The average Bonchev–Trinajstić information content (AvgIpc) is 2.99. The Kier molecular flexibility index (Phi) is 5.55. The van der Waals surface area contributed by atoms with Gasteiger partial charge in [0, 0.05) is 25.2 Å². The van der Waals surface area contributed by atoms with Crippen molar-refractivity contribution in [1.29, 1.82) is 0 Å². The van der Waals surface area contributed by atoms with Crippen LogP contribution in [0.1, 0.15) is 5.56 Å². The fourth-order valence-corrected chi connectivity index (χ4v) is 1.99. The number of aliphatic hydroxyl groups is 1. The molecular weight excluding hydrogens is 296 g/mol. The molecule has 2 aromatic rings. The highest BCUT2D eigenvalue weighted by Crippen LogP contribution is 2.12. The van der Waals surface area contributed by atoms with E-state index in [0.29, 0.717) is 19.0 Å². The molecule has 0 saturated carbocycles. The van der Waals surface area contributed by atoms with Crippen molar-refractivity contribution >= 4 is 17.4 Å². The zero-order valence-corrected chi connectivity index (χ0v) is 11.8. The number of nitrogens with one attached hydrogen (secondary N) is 1. The lowest BCUT2D eigenvalue weighted by molar-refractivity contribution is -0.384. The van der Waals surface area contributed by atoms with E-state index in [1.165, 1.54) is 18.3 Å². The van der Waals surface area contributed by atoms with E-state index >= 15 is 0 Å². The number of nitrogens with zero attached hydrogens (tertiary/aromatic N) is 3.